The van der Waals surface area contributed by atoms with Crippen molar-refractivity contribution >= 4 is 29.1 Å². The molecule has 0 bridgehead atoms. The van der Waals surface area contributed by atoms with Crippen LogP contribution < -0.4 is 14.8 Å². The van der Waals surface area contributed by atoms with Gasteiger partial charge in [0.05, 0.1) is 31.1 Å². The molecule has 1 aromatic heterocycles. The number of nitrogens with zero attached hydrogens (tertiary/aromatic N) is 1. The van der Waals surface area contributed by atoms with Gasteiger partial charge in [-0.3, -0.25) is 4.98 Å². The van der Waals surface area contributed by atoms with E-state index in [0.717, 1.165) is 21.9 Å². The van der Waals surface area contributed by atoms with Crippen LogP contribution in [0.1, 0.15) is 5.56 Å². The van der Waals surface area contributed by atoms with Gasteiger partial charge in [-0.25, -0.2) is 0 Å². The maximum atomic E-state index is 6.12. The third-order valence-corrected chi connectivity index (χ3v) is 4.17. The molecule has 0 amide bonds. The van der Waals surface area contributed by atoms with Gasteiger partial charge in [-0.15, -0.1) is 11.8 Å². The van der Waals surface area contributed by atoms with Gasteiger partial charge < -0.3 is 14.8 Å². The van der Waals surface area contributed by atoms with Crippen molar-refractivity contribution < 1.29 is 9.47 Å². The van der Waals surface area contributed by atoms with Crippen molar-refractivity contribution in [2.24, 2.45) is 0 Å². The van der Waals surface area contributed by atoms with E-state index in [-0.39, 0.29) is 0 Å². The number of aromatic nitrogens is 1. The minimum Gasteiger partial charge on any atom is -0.493 e. The topological polar surface area (TPSA) is 43.4 Å². The lowest BCUT2D eigenvalue weighted by molar-refractivity contribution is 0.353. The SMILES string of the molecule is COc1cc(CNc2cnccc2Cl)c(SC)cc1OC. The van der Waals surface area contributed by atoms with E-state index in [9.17, 15) is 0 Å². The number of hydrogen-bond acceptors (Lipinski definition) is 5. The van der Waals surface area contributed by atoms with E-state index in [0.29, 0.717) is 17.3 Å². The number of halogens is 1. The van der Waals surface area contributed by atoms with Gasteiger partial charge in [0.25, 0.3) is 0 Å². The Bertz CT molecular complexity index is 623. The third-order valence-electron chi connectivity index (χ3n) is 3.02. The Morgan fingerprint density at radius 1 is 1.24 bits per heavy atom. The van der Waals surface area contributed by atoms with Gasteiger partial charge in [-0.2, -0.15) is 0 Å². The lowest BCUT2D eigenvalue weighted by Crippen LogP contribution is -2.03. The molecule has 0 saturated heterocycles. The Morgan fingerprint density at radius 2 is 1.95 bits per heavy atom. The lowest BCUT2D eigenvalue weighted by Gasteiger charge is -2.15. The molecular weight excluding hydrogens is 308 g/mol. The standard InChI is InChI=1S/C15H17ClN2O2S/c1-19-13-6-10(15(21-3)7-14(13)20-2)8-18-12-9-17-5-4-11(12)16/h4-7,9,18H,8H2,1-3H3. The second-order valence-corrected chi connectivity index (χ2v) is 5.48. The Morgan fingerprint density at radius 3 is 2.57 bits per heavy atom. The molecule has 0 aliphatic heterocycles. The number of methoxy groups -OCH3 is 2. The zero-order chi connectivity index (χ0) is 15.2. The molecule has 0 fully saturated rings. The molecule has 0 saturated carbocycles. The summed E-state index contributed by atoms with van der Waals surface area (Å²) in [4.78, 5) is 5.19. The smallest absolute Gasteiger partial charge is 0.161 e. The maximum absolute atomic E-state index is 6.12. The van der Waals surface area contributed by atoms with Gasteiger partial charge in [-0.1, -0.05) is 11.6 Å². The summed E-state index contributed by atoms with van der Waals surface area (Å²) in [6, 6.07) is 5.71. The molecule has 21 heavy (non-hydrogen) atoms. The Labute approximate surface area is 133 Å². The Hall–Kier alpha value is -1.59. The van der Waals surface area contributed by atoms with E-state index in [1.807, 2.05) is 18.4 Å². The molecule has 2 aromatic rings. The Kier molecular flexibility index (Phi) is 5.59. The molecule has 6 heteroatoms. The van der Waals surface area contributed by atoms with Crippen LogP contribution in [-0.2, 0) is 6.54 Å². The van der Waals surface area contributed by atoms with Crippen molar-refractivity contribution in [3.8, 4) is 11.5 Å². The third kappa shape index (κ3) is 3.74. The van der Waals surface area contributed by atoms with Gasteiger partial charge in [-0.05, 0) is 30.0 Å². The number of ether oxygens (including phenoxy) is 2. The van der Waals surface area contributed by atoms with E-state index in [1.54, 1.807) is 44.4 Å². The summed E-state index contributed by atoms with van der Waals surface area (Å²) in [5.74, 6) is 1.44. The van der Waals surface area contributed by atoms with Gasteiger partial charge in [0.2, 0.25) is 0 Å². The molecule has 0 atom stereocenters. The average Bonchev–Trinajstić information content (AvgIpc) is 2.53. The molecule has 1 aromatic carbocycles. The van der Waals surface area contributed by atoms with Crippen LogP contribution in [0.15, 0.2) is 35.5 Å². The van der Waals surface area contributed by atoms with Crippen molar-refractivity contribution in [3.05, 3.63) is 41.2 Å². The molecule has 2 rings (SSSR count). The number of benzene rings is 1. The first-order valence-corrected chi connectivity index (χ1v) is 7.92. The van der Waals surface area contributed by atoms with Crippen molar-refractivity contribution in [2.75, 3.05) is 25.8 Å². The summed E-state index contributed by atoms with van der Waals surface area (Å²) in [7, 11) is 3.26. The lowest BCUT2D eigenvalue weighted by atomic mass is 10.2. The molecule has 0 aliphatic carbocycles. The summed E-state index contributed by atoms with van der Waals surface area (Å²) < 4.78 is 10.7. The first-order valence-electron chi connectivity index (χ1n) is 6.31. The summed E-state index contributed by atoms with van der Waals surface area (Å²) in [6.07, 6.45) is 5.40. The second-order valence-electron chi connectivity index (χ2n) is 4.23. The van der Waals surface area contributed by atoms with Crippen LogP contribution in [0.25, 0.3) is 0 Å². The van der Waals surface area contributed by atoms with Gasteiger partial charge in [0.1, 0.15) is 0 Å². The summed E-state index contributed by atoms with van der Waals surface area (Å²) in [6.45, 7) is 0.627. The highest BCUT2D eigenvalue weighted by Crippen LogP contribution is 2.35. The van der Waals surface area contributed by atoms with E-state index in [1.165, 1.54) is 0 Å². The van der Waals surface area contributed by atoms with Gasteiger partial charge >= 0.3 is 0 Å². The number of rotatable bonds is 6. The molecule has 1 heterocycles. The fraction of sp³-hybridized carbons (Fsp3) is 0.267. The number of thioether (sulfide) groups is 1. The highest BCUT2D eigenvalue weighted by molar-refractivity contribution is 7.98. The molecule has 0 spiro atoms. The zero-order valence-corrected chi connectivity index (χ0v) is 13.7. The monoisotopic (exact) mass is 324 g/mol. The van der Waals surface area contributed by atoms with E-state index < -0.39 is 0 Å². The molecule has 0 unspecified atom stereocenters. The highest BCUT2D eigenvalue weighted by atomic mass is 35.5. The van der Waals surface area contributed by atoms with Crippen molar-refractivity contribution in [2.45, 2.75) is 11.4 Å². The van der Waals surface area contributed by atoms with Gasteiger partial charge in [0.15, 0.2) is 11.5 Å². The Balaban J connectivity index is 2.25. The van der Waals surface area contributed by atoms with Crippen LogP contribution >= 0.6 is 23.4 Å². The molecule has 0 aliphatic rings. The number of anilines is 1. The van der Waals surface area contributed by atoms with Crippen LogP contribution in [0.2, 0.25) is 5.02 Å². The minimum absolute atomic E-state index is 0.627. The van der Waals surface area contributed by atoms with Crippen LogP contribution in [0.5, 0.6) is 11.5 Å². The zero-order valence-electron chi connectivity index (χ0n) is 12.1. The normalized spacial score (nSPS) is 10.3. The molecular formula is C15H17ClN2O2S. The fourth-order valence-corrected chi connectivity index (χ4v) is 2.72. The number of nitrogens with one attached hydrogen (secondary N) is 1. The quantitative estimate of drug-likeness (QED) is 0.811. The van der Waals surface area contributed by atoms with Crippen LogP contribution in [0, 0.1) is 0 Å². The predicted octanol–water partition coefficient (Wildman–Crippen LogP) is 4.09. The molecule has 1 N–H and O–H groups in total. The summed E-state index contributed by atoms with van der Waals surface area (Å²) in [5, 5.41) is 3.94. The second kappa shape index (κ2) is 7.43. The molecule has 112 valence electrons. The first kappa shape index (κ1) is 15.8. The van der Waals surface area contributed by atoms with E-state index >= 15 is 0 Å². The van der Waals surface area contributed by atoms with Gasteiger partial charge in [0, 0.05) is 17.6 Å². The highest BCUT2D eigenvalue weighted by Gasteiger charge is 2.11. The van der Waals surface area contributed by atoms with E-state index in [4.69, 9.17) is 21.1 Å². The average molecular weight is 325 g/mol. The fourth-order valence-electron chi connectivity index (χ4n) is 1.93. The van der Waals surface area contributed by atoms with Crippen LogP contribution in [0.4, 0.5) is 5.69 Å². The van der Waals surface area contributed by atoms with Crippen molar-refractivity contribution in [1.82, 2.24) is 4.98 Å². The van der Waals surface area contributed by atoms with Crippen LogP contribution in [0.3, 0.4) is 0 Å². The number of pyridine rings is 1. The maximum Gasteiger partial charge on any atom is 0.161 e. The number of hydrogen-bond donors (Lipinski definition) is 1. The summed E-state index contributed by atoms with van der Waals surface area (Å²) in [5.41, 5.74) is 1.92. The van der Waals surface area contributed by atoms with Crippen molar-refractivity contribution in [3.63, 3.8) is 0 Å². The summed E-state index contributed by atoms with van der Waals surface area (Å²) >= 11 is 7.78. The first-order chi connectivity index (χ1) is 10.2. The largest absolute Gasteiger partial charge is 0.493 e. The minimum atomic E-state index is 0.627. The van der Waals surface area contributed by atoms with Crippen molar-refractivity contribution in [1.29, 1.82) is 0 Å². The van der Waals surface area contributed by atoms with Crippen LogP contribution in [-0.4, -0.2) is 25.5 Å². The van der Waals surface area contributed by atoms with E-state index in [2.05, 4.69) is 10.3 Å². The molecule has 4 nitrogen and oxygen atoms in total. The molecule has 0 radical (unpaired) electrons. The predicted molar refractivity (Wildman–Crippen MR) is 87.9 cm³/mol.